The van der Waals surface area contributed by atoms with Crippen LogP contribution >= 0.6 is 0 Å². The molecule has 0 radical (unpaired) electrons. The van der Waals surface area contributed by atoms with Gasteiger partial charge in [-0.15, -0.1) is 0 Å². The number of carbonyl (C=O) groups is 1. The standard InChI is InChI=1S/C14H13N3O/c18-14(16-11-5-7-15-8-6-11)13-9-10-3-1-2-4-12(10)17-13/h1-8,13,17H,9H2,(H,15,16,18). The fourth-order valence-electron chi connectivity index (χ4n) is 2.12. The largest absolute Gasteiger partial charge is 0.373 e. The molecule has 0 bridgehead atoms. The van der Waals surface area contributed by atoms with Crippen LogP contribution in [-0.4, -0.2) is 16.9 Å². The van der Waals surface area contributed by atoms with Crippen molar-refractivity contribution in [3.8, 4) is 0 Å². The summed E-state index contributed by atoms with van der Waals surface area (Å²) in [4.78, 5) is 16.0. The zero-order chi connectivity index (χ0) is 12.4. The Labute approximate surface area is 105 Å². The predicted molar refractivity (Wildman–Crippen MR) is 70.4 cm³/mol. The van der Waals surface area contributed by atoms with Gasteiger partial charge in [0, 0.05) is 30.2 Å². The molecule has 2 aromatic rings. The summed E-state index contributed by atoms with van der Waals surface area (Å²) >= 11 is 0. The number of para-hydroxylation sites is 1. The molecule has 18 heavy (non-hydrogen) atoms. The lowest BCUT2D eigenvalue weighted by Crippen LogP contribution is -2.32. The van der Waals surface area contributed by atoms with E-state index in [0.717, 1.165) is 17.8 Å². The highest BCUT2D eigenvalue weighted by Crippen LogP contribution is 2.25. The molecule has 1 unspecified atom stereocenters. The monoisotopic (exact) mass is 239 g/mol. The van der Waals surface area contributed by atoms with Crippen molar-refractivity contribution in [3.05, 3.63) is 54.4 Å². The lowest BCUT2D eigenvalue weighted by Gasteiger charge is -2.11. The number of amides is 1. The molecule has 90 valence electrons. The quantitative estimate of drug-likeness (QED) is 0.843. The molecular weight excluding hydrogens is 226 g/mol. The molecule has 4 heteroatoms. The zero-order valence-electron chi connectivity index (χ0n) is 9.76. The van der Waals surface area contributed by atoms with Crippen LogP contribution in [0.2, 0.25) is 0 Å². The van der Waals surface area contributed by atoms with Crippen molar-refractivity contribution in [1.82, 2.24) is 4.98 Å². The summed E-state index contributed by atoms with van der Waals surface area (Å²) in [6.07, 6.45) is 4.05. The molecule has 3 rings (SSSR count). The Hall–Kier alpha value is -2.36. The van der Waals surface area contributed by atoms with Crippen molar-refractivity contribution in [2.45, 2.75) is 12.5 Å². The molecule has 4 nitrogen and oxygen atoms in total. The minimum absolute atomic E-state index is 0.0163. The Morgan fingerprint density at radius 3 is 2.78 bits per heavy atom. The molecule has 2 N–H and O–H groups in total. The van der Waals surface area contributed by atoms with Gasteiger partial charge < -0.3 is 10.6 Å². The summed E-state index contributed by atoms with van der Waals surface area (Å²) in [6, 6.07) is 11.4. The third kappa shape index (κ3) is 2.05. The third-order valence-electron chi connectivity index (χ3n) is 3.04. The summed E-state index contributed by atoms with van der Waals surface area (Å²) in [5.74, 6) is -0.0163. The van der Waals surface area contributed by atoms with Crippen LogP contribution in [0.5, 0.6) is 0 Å². The first kappa shape index (κ1) is 10.8. The highest BCUT2D eigenvalue weighted by Gasteiger charge is 2.26. The summed E-state index contributed by atoms with van der Waals surface area (Å²) in [5.41, 5.74) is 3.01. The Bertz CT molecular complexity index is 543. The summed E-state index contributed by atoms with van der Waals surface area (Å²) in [6.45, 7) is 0. The number of pyridine rings is 1. The maximum absolute atomic E-state index is 12.1. The SMILES string of the molecule is O=C(Nc1ccncc1)C1Cc2ccccc2N1. The summed E-state index contributed by atoms with van der Waals surface area (Å²) in [5, 5.41) is 6.10. The van der Waals surface area contributed by atoms with Gasteiger partial charge in [-0.05, 0) is 23.8 Å². The maximum Gasteiger partial charge on any atom is 0.247 e. The van der Waals surface area contributed by atoms with Gasteiger partial charge in [0.05, 0.1) is 0 Å². The van der Waals surface area contributed by atoms with E-state index in [1.807, 2.05) is 24.3 Å². The number of nitrogens with one attached hydrogen (secondary N) is 2. The number of carbonyl (C=O) groups excluding carboxylic acids is 1. The molecule has 0 fully saturated rings. The van der Waals surface area contributed by atoms with E-state index < -0.39 is 0 Å². The van der Waals surface area contributed by atoms with Gasteiger partial charge in [0.1, 0.15) is 6.04 Å². The van der Waals surface area contributed by atoms with Crippen molar-refractivity contribution in [2.24, 2.45) is 0 Å². The number of aromatic nitrogens is 1. The van der Waals surface area contributed by atoms with Crippen molar-refractivity contribution < 1.29 is 4.79 Å². The van der Waals surface area contributed by atoms with E-state index in [0.29, 0.717) is 0 Å². The Morgan fingerprint density at radius 2 is 2.00 bits per heavy atom. The molecule has 2 heterocycles. The fourth-order valence-corrected chi connectivity index (χ4v) is 2.12. The van der Waals surface area contributed by atoms with Crippen molar-refractivity contribution in [2.75, 3.05) is 10.6 Å². The van der Waals surface area contributed by atoms with Gasteiger partial charge in [0.2, 0.25) is 5.91 Å². The Kier molecular flexibility index (Phi) is 2.68. The van der Waals surface area contributed by atoms with E-state index in [9.17, 15) is 4.79 Å². The molecule has 1 aliphatic rings. The van der Waals surface area contributed by atoms with Gasteiger partial charge in [-0.3, -0.25) is 9.78 Å². The molecule has 1 aromatic carbocycles. The van der Waals surface area contributed by atoms with Crippen molar-refractivity contribution in [1.29, 1.82) is 0 Å². The lowest BCUT2D eigenvalue weighted by molar-refractivity contribution is -0.116. The van der Waals surface area contributed by atoms with E-state index in [2.05, 4.69) is 15.6 Å². The molecule has 1 atom stereocenters. The summed E-state index contributed by atoms with van der Waals surface area (Å²) < 4.78 is 0. The average molecular weight is 239 g/mol. The number of fused-ring (bicyclic) bond motifs is 1. The normalized spacial score (nSPS) is 16.8. The van der Waals surface area contributed by atoms with E-state index in [-0.39, 0.29) is 11.9 Å². The molecule has 0 aliphatic carbocycles. The van der Waals surface area contributed by atoms with Gasteiger partial charge in [-0.25, -0.2) is 0 Å². The molecule has 0 saturated heterocycles. The van der Waals surface area contributed by atoms with E-state index in [4.69, 9.17) is 0 Å². The first-order valence-corrected chi connectivity index (χ1v) is 5.88. The second-order valence-electron chi connectivity index (χ2n) is 4.28. The number of benzene rings is 1. The topological polar surface area (TPSA) is 54.0 Å². The maximum atomic E-state index is 12.1. The molecular formula is C14H13N3O. The van der Waals surface area contributed by atoms with Crippen molar-refractivity contribution in [3.63, 3.8) is 0 Å². The third-order valence-corrected chi connectivity index (χ3v) is 3.04. The minimum Gasteiger partial charge on any atom is -0.373 e. The van der Waals surface area contributed by atoms with Crippen LogP contribution in [0.3, 0.4) is 0 Å². The van der Waals surface area contributed by atoms with Crippen LogP contribution in [0.25, 0.3) is 0 Å². The van der Waals surface area contributed by atoms with Gasteiger partial charge >= 0.3 is 0 Å². The van der Waals surface area contributed by atoms with Crippen LogP contribution in [0.1, 0.15) is 5.56 Å². The fraction of sp³-hybridized carbons (Fsp3) is 0.143. The lowest BCUT2D eigenvalue weighted by atomic mass is 10.1. The first-order chi connectivity index (χ1) is 8.83. The number of rotatable bonds is 2. The number of hydrogen-bond acceptors (Lipinski definition) is 3. The highest BCUT2D eigenvalue weighted by atomic mass is 16.2. The van der Waals surface area contributed by atoms with E-state index in [1.165, 1.54) is 5.56 Å². The van der Waals surface area contributed by atoms with Gasteiger partial charge in [-0.2, -0.15) is 0 Å². The van der Waals surface area contributed by atoms with Crippen LogP contribution in [0.4, 0.5) is 11.4 Å². The summed E-state index contributed by atoms with van der Waals surface area (Å²) in [7, 11) is 0. The highest BCUT2D eigenvalue weighted by molar-refractivity contribution is 5.97. The average Bonchev–Trinajstić information content (AvgIpc) is 2.84. The number of hydrogen-bond donors (Lipinski definition) is 2. The Morgan fingerprint density at radius 1 is 1.22 bits per heavy atom. The molecule has 1 aliphatic heterocycles. The molecule has 1 amide bonds. The molecule has 0 spiro atoms. The first-order valence-electron chi connectivity index (χ1n) is 5.88. The molecule has 0 saturated carbocycles. The smallest absolute Gasteiger partial charge is 0.247 e. The van der Waals surface area contributed by atoms with Gasteiger partial charge in [-0.1, -0.05) is 18.2 Å². The van der Waals surface area contributed by atoms with Crippen LogP contribution < -0.4 is 10.6 Å². The number of anilines is 2. The Balaban J connectivity index is 1.70. The van der Waals surface area contributed by atoms with E-state index in [1.54, 1.807) is 24.5 Å². The van der Waals surface area contributed by atoms with Gasteiger partial charge in [0.15, 0.2) is 0 Å². The van der Waals surface area contributed by atoms with Crippen LogP contribution in [0.15, 0.2) is 48.8 Å². The molecule has 1 aromatic heterocycles. The second-order valence-corrected chi connectivity index (χ2v) is 4.28. The number of nitrogens with zero attached hydrogens (tertiary/aromatic N) is 1. The van der Waals surface area contributed by atoms with Crippen LogP contribution in [0, 0.1) is 0 Å². The van der Waals surface area contributed by atoms with Crippen LogP contribution in [-0.2, 0) is 11.2 Å². The van der Waals surface area contributed by atoms with Crippen molar-refractivity contribution >= 4 is 17.3 Å². The van der Waals surface area contributed by atoms with Gasteiger partial charge in [0.25, 0.3) is 0 Å². The minimum atomic E-state index is -0.199. The second kappa shape index (κ2) is 4.49. The van der Waals surface area contributed by atoms with E-state index >= 15 is 0 Å². The predicted octanol–water partition coefficient (Wildman–Crippen LogP) is 2.06. The zero-order valence-corrected chi connectivity index (χ0v) is 9.76.